The van der Waals surface area contributed by atoms with Gasteiger partial charge >= 0.3 is 11.9 Å². The van der Waals surface area contributed by atoms with Crippen LogP contribution in [0.3, 0.4) is 0 Å². The van der Waals surface area contributed by atoms with Crippen LogP contribution in [0.5, 0.6) is 0 Å². The van der Waals surface area contributed by atoms with Gasteiger partial charge in [0.2, 0.25) is 0 Å². The fourth-order valence-corrected chi connectivity index (χ4v) is 8.16. The Morgan fingerprint density at radius 3 is 2.21 bits per heavy atom. The van der Waals surface area contributed by atoms with Crippen LogP contribution in [0.25, 0.3) is 0 Å². The standard InChI is InChI=1S/C29H27O4S/c30-27-22-14-20-15-23(32-27)19-29(17-20,18-22)33-28(31)21-8-7-13-26(16-21)34(24-9-3-1-4-10-24)25-11-5-2-6-12-25/h1-13,16,20,22-23H,14-15,17-19H2/q+1. The van der Waals surface area contributed by atoms with Crippen molar-refractivity contribution in [2.45, 2.75) is 58.5 Å². The quantitative estimate of drug-likeness (QED) is 0.348. The summed E-state index contributed by atoms with van der Waals surface area (Å²) in [5, 5.41) is 0. The number of esters is 2. The normalized spacial score (nSPS) is 27.3. The zero-order valence-electron chi connectivity index (χ0n) is 18.9. The predicted molar refractivity (Wildman–Crippen MR) is 130 cm³/mol. The third-order valence-corrected chi connectivity index (χ3v) is 9.49. The van der Waals surface area contributed by atoms with E-state index in [2.05, 4.69) is 54.6 Å². The molecule has 5 heteroatoms. The van der Waals surface area contributed by atoms with Gasteiger partial charge in [0.1, 0.15) is 11.7 Å². The highest BCUT2D eigenvalue weighted by Gasteiger charge is 2.54. The first kappa shape index (κ1) is 21.5. The van der Waals surface area contributed by atoms with E-state index in [4.69, 9.17) is 9.47 Å². The van der Waals surface area contributed by atoms with Crippen LogP contribution in [-0.4, -0.2) is 23.6 Å². The van der Waals surface area contributed by atoms with E-state index in [9.17, 15) is 9.59 Å². The first-order valence-corrected chi connectivity index (χ1v) is 13.2. The van der Waals surface area contributed by atoms with E-state index >= 15 is 0 Å². The van der Waals surface area contributed by atoms with Crippen molar-refractivity contribution in [2.75, 3.05) is 0 Å². The Labute approximate surface area is 202 Å². The van der Waals surface area contributed by atoms with Gasteiger partial charge in [0.15, 0.2) is 14.7 Å². The maximum Gasteiger partial charge on any atom is 0.338 e. The van der Waals surface area contributed by atoms with Crippen molar-refractivity contribution >= 4 is 22.8 Å². The van der Waals surface area contributed by atoms with Crippen molar-refractivity contribution in [1.82, 2.24) is 0 Å². The number of hydrogen-bond acceptors (Lipinski definition) is 4. The molecule has 4 nitrogen and oxygen atoms in total. The molecule has 4 unspecified atom stereocenters. The largest absolute Gasteiger partial charge is 0.462 e. The van der Waals surface area contributed by atoms with Crippen LogP contribution in [0.4, 0.5) is 0 Å². The predicted octanol–water partition coefficient (Wildman–Crippen LogP) is 5.81. The number of ether oxygens (including phenoxy) is 2. The number of fused-ring (bicyclic) bond motifs is 1. The molecule has 4 aliphatic rings. The summed E-state index contributed by atoms with van der Waals surface area (Å²) < 4.78 is 11.9. The summed E-state index contributed by atoms with van der Waals surface area (Å²) in [6.07, 6.45) is 3.67. The van der Waals surface area contributed by atoms with Crippen LogP contribution in [-0.2, 0) is 25.2 Å². The lowest BCUT2D eigenvalue weighted by atomic mass is 9.65. The summed E-state index contributed by atoms with van der Waals surface area (Å²) in [7, 11) is -0.334. The van der Waals surface area contributed by atoms with Crippen molar-refractivity contribution < 1.29 is 19.1 Å². The molecular weight excluding hydrogens is 444 g/mol. The zero-order valence-corrected chi connectivity index (χ0v) is 19.7. The molecule has 2 aliphatic carbocycles. The highest BCUT2D eigenvalue weighted by Crippen LogP contribution is 2.51. The number of benzene rings is 3. The van der Waals surface area contributed by atoms with E-state index in [1.54, 1.807) is 0 Å². The van der Waals surface area contributed by atoms with Gasteiger partial charge in [-0.05, 0) is 61.6 Å². The summed E-state index contributed by atoms with van der Waals surface area (Å²) >= 11 is 0. The minimum absolute atomic E-state index is 0.109. The molecule has 4 bridgehead atoms. The van der Waals surface area contributed by atoms with Gasteiger partial charge in [0.25, 0.3) is 0 Å². The van der Waals surface area contributed by atoms with E-state index < -0.39 is 5.60 Å². The molecule has 2 heterocycles. The lowest BCUT2D eigenvalue weighted by molar-refractivity contribution is -0.151. The average molecular weight is 472 g/mol. The first-order chi connectivity index (χ1) is 16.6. The van der Waals surface area contributed by atoms with Gasteiger partial charge in [-0.1, -0.05) is 42.5 Å². The molecule has 172 valence electrons. The topological polar surface area (TPSA) is 52.6 Å². The fraction of sp³-hybridized carbons (Fsp3) is 0.310. The second-order valence-electron chi connectivity index (χ2n) is 9.74. The molecule has 3 aromatic rings. The molecule has 2 saturated carbocycles. The number of rotatable bonds is 5. The van der Waals surface area contributed by atoms with Crippen molar-refractivity contribution in [3.05, 3.63) is 90.5 Å². The van der Waals surface area contributed by atoms with Crippen LogP contribution >= 0.6 is 0 Å². The first-order valence-electron chi connectivity index (χ1n) is 12.0. The van der Waals surface area contributed by atoms with E-state index in [1.165, 1.54) is 9.79 Å². The molecule has 0 aromatic heterocycles. The van der Waals surface area contributed by atoms with Crippen LogP contribution in [0.2, 0.25) is 0 Å². The summed E-state index contributed by atoms with van der Waals surface area (Å²) in [4.78, 5) is 29.3. The number of hydrogen-bond donors (Lipinski definition) is 0. The highest BCUT2D eigenvalue weighted by molar-refractivity contribution is 7.97. The monoisotopic (exact) mass is 471 g/mol. The Morgan fingerprint density at radius 1 is 0.824 bits per heavy atom. The number of carbonyl (C=O) groups excluding carboxylic acids is 2. The van der Waals surface area contributed by atoms with Gasteiger partial charge in [0.05, 0.1) is 22.4 Å². The van der Waals surface area contributed by atoms with Crippen LogP contribution in [0.15, 0.2) is 99.6 Å². The van der Waals surface area contributed by atoms with Crippen LogP contribution in [0.1, 0.15) is 42.5 Å². The average Bonchev–Trinajstić information content (AvgIpc) is 3.01. The third-order valence-electron chi connectivity index (χ3n) is 7.28. The highest BCUT2D eigenvalue weighted by atomic mass is 32.2. The van der Waals surface area contributed by atoms with E-state index in [1.807, 2.05) is 30.3 Å². The summed E-state index contributed by atoms with van der Waals surface area (Å²) in [6.45, 7) is 0. The van der Waals surface area contributed by atoms with Crippen molar-refractivity contribution in [3.63, 3.8) is 0 Å². The molecule has 3 aromatic carbocycles. The Morgan fingerprint density at radius 2 is 1.50 bits per heavy atom. The second-order valence-corrected chi connectivity index (χ2v) is 11.8. The molecule has 34 heavy (non-hydrogen) atoms. The minimum atomic E-state index is -0.587. The molecule has 0 radical (unpaired) electrons. The van der Waals surface area contributed by atoms with Gasteiger partial charge < -0.3 is 9.47 Å². The molecular formula is C29H27O4S+. The van der Waals surface area contributed by atoms with E-state index in [-0.39, 0.29) is 34.9 Å². The van der Waals surface area contributed by atoms with Gasteiger partial charge in [-0.3, -0.25) is 4.79 Å². The Balaban J connectivity index is 1.31. The lowest BCUT2D eigenvalue weighted by Gasteiger charge is -2.45. The molecule has 0 N–H and O–H groups in total. The lowest BCUT2D eigenvalue weighted by Crippen LogP contribution is -2.48. The van der Waals surface area contributed by atoms with Crippen LogP contribution < -0.4 is 0 Å². The molecule has 2 saturated heterocycles. The summed E-state index contributed by atoms with van der Waals surface area (Å²) in [5.74, 6) is -0.166. The van der Waals surface area contributed by atoms with Gasteiger partial charge in [-0.2, -0.15) is 0 Å². The Hall–Kier alpha value is -3.05. The van der Waals surface area contributed by atoms with Gasteiger partial charge in [0, 0.05) is 18.9 Å². The zero-order chi connectivity index (χ0) is 23.1. The van der Waals surface area contributed by atoms with Crippen molar-refractivity contribution in [2.24, 2.45) is 11.8 Å². The van der Waals surface area contributed by atoms with Crippen molar-refractivity contribution in [1.29, 1.82) is 0 Å². The molecule has 0 spiro atoms. The van der Waals surface area contributed by atoms with E-state index in [0.717, 1.165) is 24.2 Å². The summed E-state index contributed by atoms with van der Waals surface area (Å²) in [6, 6.07) is 28.6. The molecule has 0 amide bonds. The SMILES string of the molecule is O=C(OC12CC3CC(C1)OC(=O)C(C3)C2)c1cccc([S+](c2ccccc2)c2ccccc2)c1. The summed E-state index contributed by atoms with van der Waals surface area (Å²) in [5.41, 5.74) is -0.0282. The maximum atomic E-state index is 13.4. The Bertz CT molecular complexity index is 1170. The fourth-order valence-electron chi connectivity index (χ4n) is 6.03. The molecule has 4 atom stereocenters. The minimum Gasteiger partial charge on any atom is -0.462 e. The van der Waals surface area contributed by atoms with E-state index in [0.29, 0.717) is 24.3 Å². The second kappa shape index (κ2) is 8.62. The Kier molecular flexibility index (Phi) is 5.45. The number of carbonyl (C=O) groups is 2. The molecule has 4 fully saturated rings. The third kappa shape index (κ3) is 4.03. The van der Waals surface area contributed by atoms with Crippen LogP contribution in [0, 0.1) is 11.8 Å². The molecule has 2 aliphatic heterocycles. The molecule has 7 rings (SSSR count). The van der Waals surface area contributed by atoms with Crippen molar-refractivity contribution in [3.8, 4) is 0 Å². The van der Waals surface area contributed by atoms with Gasteiger partial charge in [-0.15, -0.1) is 0 Å². The van der Waals surface area contributed by atoms with Gasteiger partial charge in [-0.25, -0.2) is 4.79 Å². The smallest absolute Gasteiger partial charge is 0.338 e. The maximum absolute atomic E-state index is 13.4.